The molecule has 0 unspecified atom stereocenters. The van der Waals surface area contributed by atoms with Gasteiger partial charge in [-0.3, -0.25) is 4.79 Å². The number of nitrogens with two attached hydrogens (primary N) is 1. The molecule has 8 nitrogen and oxygen atoms in total. The summed E-state index contributed by atoms with van der Waals surface area (Å²) in [7, 11) is 0. The number of oxazole rings is 1. The number of carbonyl (C=O) groups is 1. The largest absolute Gasteiger partial charge is 0.438 e. The molecule has 0 aromatic carbocycles. The minimum absolute atomic E-state index is 0.0251. The van der Waals surface area contributed by atoms with Gasteiger partial charge in [0.2, 0.25) is 5.76 Å². The van der Waals surface area contributed by atoms with E-state index in [1.54, 1.807) is 6.92 Å². The minimum atomic E-state index is -0.235. The smallest absolute Gasteiger partial charge is 0.291 e. The van der Waals surface area contributed by atoms with Gasteiger partial charge in [0.05, 0.1) is 35.3 Å². The number of hydrogen-bond donors (Lipinski definition) is 1. The molecule has 2 aromatic heterocycles. The number of amides is 1. The van der Waals surface area contributed by atoms with Crippen molar-refractivity contribution in [2.24, 2.45) is 5.92 Å². The van der Waals surface area contributed by atoms with Gasteiger partial charge in [-0.2, -0.15) is 0 Å². The zero-order valence-corrected chi connectivity index (χ0v) is 20.4. The van der Waals surface area contributed by atoms with Crippen LogP contribution in [0.25, 0.3) is 0 Å². The molecule has 2 aromatic rings. The Balaban J connectivity index is 1.47. The van der Waals surface area contributed by atoms with Gasteiger partial charge in [-0.25, -0.2) is 9.97 Å². The number of fused-ring (bicyclic) bond motifs is 1. The van der Waals surface area contributed by atoms with Crippen LogP contribution in [0.5, 0.6) is 0 Å². The highest BCUT2D eigenvalue weighted by Gasteiger charge is 2.39. The second kappa shape index (κ2) is 8.01. The Labute approximate surface area is 195 Å². The van der Waals surface area contributed by atoms with Gasteiger partial charge < -0.3 is 24.7 Å². The van der Waals surface area contributed by atoms with Gasteiger partial charge >= 0.3 is 0 Å². The number of rotatable bonds is 4. The molecule has 5 rings (SSSR count). The number of piperazine rings is 1. The summed E-state index contributed by atoms with van der Waals surface area (Å²) in [6.45, 7) is 12.9. The predicted molar refractivity (Wildman–Crippen MR) is 126 cm³/mol. The highest BCUT2D eigenvalue weighted by molar-refractivity contribution is 5.93. The fraction of sp³-hybridized carbons (Fsp3) is 0.640. The third kappa shape index (κ3) is 3.98. The molecular formula is C25H35N5O3. The normalized spacial score (nSPS) is 22.5. The Kier molecular flexibility index (Phi) is 5.39. The molecule has 2 N–H and O–H groups in total. The Morgan fingerprint density at radius 3 is 2.64 bits per heavy atom. The fourth-order valence-corrected chi connectivity index (χ4v) is 5.20. The van der Waals surface area contributed by atoms with Gasteiger partial charge in [0.15, 0.2) is 12.2 Å². The van der Waals surface area contributed by atoms with E-state index < -0.39 is 0 Å². The molecule has 4 heterocycles. The summed E-state index contributed by atoms with van der Waals surface area (Å²) in [5.41, 5.74) is 11.5. The molecule has 3 aliphatic rings. The van der Waals surface area contributed by atoms with Gasteiger partial charge in [0, 0.05) is 37.5 Å². The quantitative estimate of drug-likeness (QED) is 0.754. The number of aromatic nitrogens is 2. The van der Waals surface area contributed by atoms with Crippen molar-refractivity contribution < 1.29 is 13.9 Å². The topological polar surface area (TPSA) is 97.7 Å². The summed E-state index contributed by atoms with van der Waals surface area (Å²) in [5.74, 6) is 1.91. The number of anilines is 2. The summed E-state index contributed by atoms with van der Waals surface area (Å²) < 4.78 is 11.5. The van der Waals surface area contributed by atoms with Crippen LogP contribution in [-0.4, -0.2) is 52.1 Å². The number of ether oxygens (including phenoxy) is 1. The molecule has 1 aliphatic carbocycles. The Hall–Kier alpha value is -2.61. The lowest BCUT2D eigenvalue weighted by atomic mass is 9.89. The van der Waals surface area contributed by atoms with Gasteiger partial charge in [-0.05, 0) is 45.1 Å². The molecule has 1 amide bonds. The van der Waals surface area contributed by atoms with Crippen molar-refractivity contribution in [3.63, 3.8) is 0 Å². The molecule has 0 radical (unpaired) electrons. The number of carbonyl (C=O) groups excluding carboxylic acids is 1. The monoisotopic (exact) mass is 453 g/mol. The van der Waals surface area contributed by atoms with Gasteiger partial charge in [0.1, 0.15) is 0 Å². The second-order valence-electron chi connectivity index (χ2n) is 10.7. The average Bonchev–Trinajstić information content (AvgIpc) is 3.53. The number of nitrogen functional groups attached to an aromatic ring is 1. The van der Waals surface area contributed by atoms with Crippen molar-refractivity contribution in [3.8, 4) is 0 Å². The zero-order valence-electron chi connectivity index (χ0n) is 20.4. The van der Waals surface area contributed by atoms with Gasteiger partial charge in [-0.1, -0.05) is 13.8 Å². The highest BCUT2D eigenvalue weighted by Crippen LogP contribution is 2.46. The first-order chi connectivity index (χ1) is 15.7. The van der Waals surface area contributed by atoms with E-state index in [0.29, 0.717) is 43.6 Å². The summed E-state index contributed by atoms with van der Waals surface area (Å²) in [6, 6.07) is 0.0251. The van der Waals surface area contributed by atoms with E-state index in [1.165, 1.54) is 36.1 Å². The van der Waals surface area contributed by atoms with Crippen LogP contribution in [0.4, 0.5) is 11.5 Å². The van der Waals surface area contributed by atoms with Crippen LogP contribution in [0.15, 0.2) is 10.8 Å². The summed E-state index contributed by atoms with van der Waals surface area (Å²) in [6.07, 6.45) is 4.49. The fourth-order valence-electron chi connectivity index (χ4n) is 5.20. The Morgan fingerprint density at radius 1 is 1.24 bits per heavy atom. The van der Waals surface area contributed by atoms with Crippen LogP contribution in [0.3, 0.4) is 0 Å². The maximum Gasteiger partial charge on any atom is 0.291 e. The molecule has 178 valence electrons. The summed E-state index contributed by atoms with van der Waals surface area (Å²) in [5, 5.41) is 0. The first kappa shape index (κ1) is 22.2. The molecule has 1 saturated heterocycles. The van der Waals surface area contributed by atoms with E-state index >= 15 is 0 Å². The van der Waals surface area contributed by atoms with Crippen LogP contribution < -0.4 is 10.6 Å². The van der Waals surface area contributed by atoms with E-state index in [9.17, 15) is 4.79 Å². The zero-order chi connectivity index (χ0) is 23.5. The average molecular weight is 454 g/mol. The van der Waals surface area contributed by atoms with Crippen molar-refractivity contribution in [1.82, 2.24) is 14.9 Å². The molecule has 2 fully saturated rings. The first-order valence-corrected chi connectivity index (χ1v) is 12.1. The molecule has 1 atom stereocenters. The standard InChI is InChI=1S/C25H35N5O3/c1-14(2)19-11-29(8-9-30(19)24(31)22-15(3)27-13-32-22)23-20(26)17-10-25(4,5)33-12-18(17)21(28-23)16-6-7-16/h13-14,16,19H,6-12,26H2,1-5H3/t19-/m0/s1. The van der Waals surface area contributed by atoms with Crippen LogP contribution >= 0.6 is 0 Å². The molecule has 2 aliphatic heterocycles. The van der Waals surface area contributed by atoms with Crippen LogP contribution in [-0.2, 0) is 17.8 Å². The minimum Gasteiger partial charge on any atom is -0.438 e. The SMILES string of the molecule is Cc1ncoc1C(=O)N1CCN(c2nc(C3CC3)c3c(c2N)CC(C)(C)OC3)C[C@H]1C(C)C. The van der Waals surface area contributed by atoms with Crippen molar-refractivity contribution >= 4 is 17.4 Å². The molecule has 0 bridgehead atoms. The Morgan fingerprint density at radius 2 is 2.00 bits per heavy atom. The summed E-state index contributed by atoms with van der Waals surface area (Å²) in [4.78, 5) is 26.7. The van der Waals surface area contributed by atoms with Crippen molar-refractivity contribution in [2.75, 3.05) is 30.3 Å². The molecule has 8 heteroatoms. The molecular weight excluding hydrogens is 418 g/mol. The number of hydrogen-bond acceptors (Lipinski definition) is 7. The third-order valence-corrected chi connectivity index (χ3v) is 7.33. The third-order valence-electron chi connectivity index (χ3n) is 7.33. The summed E-state index contributed by atoms with van der Waals surface area (Å²) >= 11 is 0. The second-order valence-corrected chi connectivity index (χ2v) is 10.7. The van der Waals surface area contributed by atoms with Crippen molar-refractivity contribution in [3.05, 3.63) is 34.7 Å². The molecule has 33 heavy (non-hydrogen) atoms. The highest BCUT2D eigenvalue weighted by atomic mass is 16.5. The first-order valence-electron chi connectivity index (χ1n) is 12.1. The van der Waals surface area contributed by atoms with Crippen LogP contribution in [0.2, 0.25) is 0 Å². The van der Waals surface area contributed by atoms with E-state index in [2.05, 4.69) is 37.6 Å². The van der Waals surface area contributed by atoms with Crippen LogP contribution in [0, 0.1) is 12.8 Å². The van der Waals surface area contributed by atoms with E-state index in [-0.39, 0.29) is 23.5 Å². The van der Waals surface area contributed by atoms with E-state index in [4.69, 9.17) is 19.9 Å². The van der Waals surface area contributed by atoms with Crippen molar-refractivity contribution in [1.29, 1.82) is 0 Å². The lowest BCUT2D eigenvalue weighted by molar-refractivity contribution is -0.0404. The molecule has 0 spiro atoms. The van der Waals surface area contributed by atoms with Crippen molar-refractivity contribution in [2.45, 2.75) is 78.0 Å². The van der Waals surface area contributed by atoms with Crippen LogP contribution in [0.1, 0.15) is 79.5 Å². The maximum absolute atomic E-state index is 13.2. The maximum atomic E-state index is 13.2. The van der Waals surface area contributed by atoms with Gasteiger partial charge in [-0.15, -0.1) is 0 Å². The molecule has 1 saturated carbocycles. The predicted octanol–water partition coefficient (Wildman–Crippen LogP) is 3.68. The van der Waals surface area contributed by atoms with E-state index in [1.807, 2.05) is 4.90 Å². The lowest BCUT2D eigenvalue weighted by Crippen LogP contribution is -2.57. The van der Waals surface area contributed by atoms with Gasteiger partial charge in [0.25, 0.3) is 5.91 Å². The number of nitrogens with zero attached hydrogens (tertiary/aromatic N) is 4. The Bertz CT molecular complexity index is 1070. The number of aryl methyl sites for hydroxylation is 1. The number of pyridine rings is 1. The lowest BCUT2D eigenvalue weighted by Gasteiger charge is -2.44. The van der Waals surface area contributed by atoms with E-state index in [0.717, 1.165) is 17.9 Å².